The first kappa shape index (κ1) is 14.0. The lowest BCUT2D eigenvalue weighted by Gasteiger charge is -2.29. The maximum atomic E-state index is 9.36. The first-order valence-corrected chi connectivity index (χ1v) is 7.85. The standard InChI is InChI=1S/C14H24N2OS/c1-3-5-12-13(10-17)18-14(15-12)9-16-7-4-6-11(2)8-16/h11,17H,3-10H2,1-2H3. The van der Waals surface area contributed by atoms with Crippen LogP contribution in [0.2, 0.25) is 0 Å². The number of hydrogen-bond acceptors (Lipinski definition) is 4. The summed E-state index contributed by atoms with van der Waals surface area (Å²) in [4.78, 5) is 8.28. The number of thiazole rings is 1. The average molecular weight is 268 g/mol. The van der Waals surface area contributed by atoms with E-state index in [1.54, 1.807) is 11.3 Å². The van der Waals surface area contributed by atoms with E-state index >= 15 is 0 Å². The van der Waals surface area contributed by atoms with E-state index in [-0.39, 0.29) is 6.61 Å². The Labute approximate surface area is 114 Å². The molecule has 1 aromatic heterocycles. The van der Waals surface area contributed by atoms with Gasteiger partial charge < -0.3 is 5.11 Å². The maximum Gasteiger partial charge on any atom is 0.107 e. The van der Waals surface area contributed by atoms with Gasteiger partial charge in [0.2, 0.25) is 0 Å². The molecule has 0 bridgehead atoms. The first-order valence-electron chi connectivity index (χ1n) is 7.03. The molecule has 1 aromatic rings. The van der Waals surface area contributed by atoms with Gasteiger partial charge in [-0.15, -0.1) is 11.3 Å². The molecule has 0 aromatic carbocycles. The Balaban J connectivity index is 2.00. The van der Waals surface area contributed by atoms with Gasteiger partial charge in [0.1, 0.15) is 5.01 Å². The zero-order valence-electron chi connectivity index (χ0n) is 11.5. The largest absolute Gasteiger partial charge is 0.391 e. The molecule has 1 N–H and O–H groups in total. The number of aliphatic hydroxyl groups is 1. The van der Waals surface area contributed by atoms with Crippen molar-refractivity contribution in [1.29, 1.82) is 0 Å². The molecule has 0 radical (unpaired) electrons. The van der Waals surface area contributed by atoms with Crippen molar-refractivity contribution in [2.24, 2.45) is 5.92 Å². The van der Waals surface area contributed by atoms with Gasteiger partial charge in [-0.05, 0) is 31.7 Å². The van der Waals surface area contributed by atoms with Crippen molar-refractivity contribution in [1.82, 2.24) is 9.88 Å². The van der Waals surface area contributed by atoms with E-state index in [0.717, 1.165) is 35.9 Å². The lowest BCUT2D eigenvalue weighted by Crippen LogP contribution is -2.33. The zero-order valence-corrected chi connectivity index (χ0v) is 12.3. The van der Waals surface area contributed by atoms with Crippen molar-refractivity contribution in [2.45, 2.75) is 52.7 Å². The molecule has 3 nitrogen and oxygen atoms in total. The van der Waals surface area contributed by atoms with Crippen LogP contribution in [-0.4, -0.2) is 28.1 Å². The summed E-state index contributed by atoms with van der Waals surface area (Å²) in [7, 11) is 0. The predicted molar refractivity (Wildman–Crippen MR) is 75.7 cm³/mol. The van der Waals surface area contributed by atoms with Crippen LogP contribution in [0.5, 0.6) is 0 Å². The van der Waals surface area contributed by atoms with E-state index in [4.69, 9.17) is 4.98 Å². The second kappa shape index (κ2) is 6.64. The summed E-state index contributed by atoms with van der Waals surface area (Å²) in [5, 5.41) is 10.5. The van der Waals surface area contributed by atoms with E-state index in [0.29, 0.717) is 0 Å². The van der Waals surface area contributed by atoms with Gasteiger partial charge in [-0.1, -0.05) is 20.3 Å². The van der Waals surface area contributed by atoms with E-state index in [1.807, 2.05) is 0 Å². The number of likely N-dealkylation sites (tertiary alicyclic amines) is 1. The Bertz CT molecular complexity index is 378. The van der Waals surface area contributed by atoms with Crippen LogP contribution in [0, 0.1) is 5.92 Å². The molecule has 2 rings (SSSR count). The Morgan fingerprint density at radius 3 is 3.00 bits per heavy atom. The number of aromatic nitrogens is 1. The van der Waals surface area contributed by atoms with Gasteiger partial charge in [0.05, 0.1) is 23.7 Å². The summed E-state index contributed by atoms with van der Waals surface area (Å²) in [5.74, 6) is 0.811. The molecule has 1 atom stereocenters. The maximum absolute atomic E-state index is 9.36. The van der Waals surface area contributed by atoms with E-state index in [9.17, 15) is 5.11 Å². The molecule has 0 amide bonds. The number of rotatable bonds is 5. The molecule has 18 heavy (non-hydrogen) atoms. The third-order valence-corrected chi connectivity index (χ3v) is 4.62. The van der Waals surface area contributed by atoms with Crippen molar-refractivity contribution in [2.75, 3.05) is 13.1 Å². The molecule has 2 heterocycles. The van der Waals surface area contributed by atoms with Crippen molar-refractivity contribution < 1.29 is 5.11 Å². The first-order chi connectivity index (χ1) is 8.72. The second-order valence-electron chi connectivity index (χ2n) is 5.37. The molecule has 1 aliphatic heterocycles. The molecule has 0 aliphatic carbocycles. The van der Waals surface area contributed by atoms with Gasteiger partial charge in [0, 0.05) is 6.54 Å². The molecule has 0 spiro atoms. The topological polar surface area (TPSA) is 36.4 Å². The van der Waals surface area contributed by atoms with Crippen molar-refractivity contribution >= 4 is 11.3 Å². The summed E-state index contributed by atoms with van der Waals surface area (Å²) in [5.41, 5.74) is 1.12. The van der Waals surface area contributed by atoms with Crippen LogP contribution in [-0.2, 0) is 19.6 Å². The lowest BCUT2D eigenvalue weighted by molar-refractivity contribution is 0.176. The van der Waals surface area contributed by atoms with Crippen LogP contribution in [0.3, 0.4) is 0 Å². The predicted octanol–water partition coefficient (Wildman–Crippen LogP) is 2.82. The molecule has 1 aliphatic rings. The molecule has 1 fully saturated rings. The van der Waals surface area contributed by atoms with Crippen LogP contribution < -0.4 is 0 Å². The Kier molecular flexibility index (Phi) is 5.15. The fraction of sp³-hybridized carbons (Fsp3) is 0.786. The van der Waals surface area contributed by atoms with E-state index in [1.165, 1.54) is 30.9 Å². The molecule has 1 unspecified atom stereocenters. The monoisotopic (exact) mass is 268 g/mol. The van der Waals surface area contributed by atoms with Crippen LogP contribution in [0.1, 0.15) is 48.7 Å². The highest BCUT2D eigenvalue weighted by molar-refractivity contribution is 7.11. The summed E-state index contributed by atoms with van der Waals surface area (Å²) in [6, 6.07) is 0. The molecule has 1 saturated heterocycles. The number of piperidine rings is 1. The quantitative estimate of drug-likeness (QED) is 0.892. The third kappa shape index (κ3) is 3.53. The van der Waals surface area contributed by atoms with Crippen LogP contribution >= 0.6 is 11.3 Å². The molecule has 4 heteroatoms. The van der Waals surface area contributed by atoms with Crippen molar-refractivity contribution in [3.05, 3.63) is 15.6 Å². The van der Waals surface area contributed by atoms with Gasteiger partial charge in [-0.3, -0.25) is 4.90 Å². The number of nitrogens with zero attached hydrogens (tertiary/aromatic N) is 2. The number of hydrogen-bond donors (Lipinski definition) is 1. The Hall–Kier alpha value is -0.450. The summed E-state index contributed by atoms with van der Waals surface area (Å²) < 4.78 is 0. The van der Waals surface area contributed by atoms with Gasteiger partial charge in [-0.25, -0.2) is 4.98 Å². The fourth-order valence-corrected chi connectivity index (χ4v) is 3.70. The van der Waals surface area contributed by atoms with E-state index in [2.05, 4.69) is 18.7 Å². The molecule has 102 valence electrons. The van der Waals surface area contributed by atoms with E-state index < -0.39 is 0 Å². The molecule has 0 saturated carbocycles. The fourth-order valence-electron chi connectivity index (χ4n) is 2.68. The Morgan fingerprint density at radius 1 is 1.50 bits per heavy atom. The van der Waals surface area contributed by atoms with Gasteiger partial charge >= 0.3 is 0 Å². The molecular formula is C14H24N2OS. The van der Waals surface area contributed by atoms with Crippen LogP contribution in [0.15, 0.2) is 0 Å². The smallest absolute Gasteiger partial charge is 0.107 e. The van der Waals surface area contributed by atoms with Gasteiger partial charge in [-0.2, -0.15) is 0 Å². The highest BCUT2D eigenvalue weighted by Crippen LogP contribution is 2.23. The van der Waals surface area contributed by atoms with Crippen molar-refractivity contribution in [3.63, 3.8) is 0 Å². The second-order valence-corrected chi connectivity index (χ2v) is 6.54. The number of aryl methyl sites for hydroxylation is 1. The zero-order chi connectivity index (χ0) is 13.0. The average Bonchev–Trinajstić information content (AvgIpc) is 2.72. The minimum absolute atomic E-state index is 0.142. The summed E-state index contributed by atoms with van der Waals surface area (Å²) >= 11 is 1.69. The van der Waals surface area contributed by atoms with Gasteiger partial charge in [0.25, 0.3) is 0 Å². The summed E-state index contributed by atoms with van der Waals surface area (Å²) in [6.45, 7) is 7.98. The highest BCUT2D eigenvalue weighted by atomic mass is 32.1. The summed E-state index contributed by atoms with van der Waals surface area (Å²) in [6.07, 6.45) is 4.75. The highest BCUT2D eigenvalue weighted by Gasteiger charge is 2.18. The normalized spacial score (nSPS) is 21.4. The lowest BCUT2D eigenvalue weighted by atomic mass is 10.0. The molecular weight excluding hydrogens is 244 g/mol. The van der Waals surface area contributed by atoms with Crippen LogP contribution in [0.25, 0.3) is 0 Å². The van der Waals surface area contributed by atoms with Crippen LogP contribution in [0.4, 0.5) is 0 Å². The van der Waals surface area contributed by atoms with Crippen molar-refractivity contribution in [3.8, 4) is 0 Å². The minimum atomic E-state index is 0.142. The van der Waals surface area contributed by atoms with Gasteiger partial charge in [0.15, 0.2) is 0 Å². The third-order valence-electron chi connectivity index (χ3n) is 3.55. The Morgan fingerprint density at radius 2 is 2.33 bits per heavy atom. The number of aliphatic hydroxyl groups excluding tert-OH is 1. The minimum Gasteiger partial charge on any atom is -0.391 e. The SMILES string of the molecule is CCCc1nc(CN2CCCC(C)C2)sc1CO.